The quantitative estimate of drug-likeness (QED) is 0.266. The molecular weight excluding hydrogens is 513 g/mol. The number of aromatic nitrogens is 1. The Morgan fingerprint density at radius 1 is 1.24 bits per heavy atom. The lowest BCUT2D eigenvalue weighted by molar-refractivity contribution is -0.0514. The van der Waals surface area contributed by atoms with E-state index in [2.05, 4.69) is 25.3 Å². The number of benzene rings is 1. The van der Waals surface area contributed by atoms with E-state index in [-0.39, 0.29) is 35.5 Å². The number of ether oxygens (including phenoxy) is 2. The highest BCUT2D eigenvalue weighted by Crippen LogP contribution is 2.30. The largest absolute Gasteiger partial charge is 0.490 e. The third kappa shape index (κ3) is 9.11. The van der Waals surface area contributed by atoms with Gasteiger partial charge in [0.05, 0.1) is 18.2 Å². The van der Waals surface area contributed by atoms with E-state index in [1.54, 1.807) is 30.4 Å². The van der Waals surface area contributed by atoms with Crippen LogP contribution in [-0.4, -0.2) is 37.3 Å². The van der Waals surface area contributed by atoms with E-state index in [4.69, 9.17) is 4.74 Å². The fraction of sp³-hybridized carbons (Fsp3) is 0.474. The minimum absolute atomic E-state index is 0. The number of halogens is 3. The molecule has 0 radical (unpaired) electrons. The third-order valence-corrected chi connectivity index (χ3v) is 4.56. The molecule has 0 aliphatic carbocycles. The van der Waals surface area contributed by atoms with Crippen LogP contribution in [-0.2, 0) is 13.0 Å². The van der Waals surface area contributed by atoms with E-state index in [0.29, 0.717) is 25.7 Å². The second-order valence-electron chi connectivity index (χ2n) is 5.83. The molecular formula is C19H27F2IN4O2S. The fourth-order valence-electron chi connectivity index (χ4n) is 2.43. The molecule has 0 bridgehead atoms. The van der Waals surface area contributed by atoms with Crippen molar-refractivity contribution in [1.29, 1.82) is 0 Å². The van der Waals surface area contributed by atoms with Crippen molar-refractivity contribution in [3.05, 3.63) is 39.8 Å². The molecule has 1 heterocycles. The summed E-state index contributed by atoms with van der Waals surface area (Å²) in [5, 5.41) is 7.55. The monoisotopic (exact) mass is 540 g/mol. The van der Waals surface area contributed by atoms with Gasteiger partial charge in [-0.15, -0.1) is 35.3 Å². The molecule has 0 unspecified atom stereocenters. The van der Waals surface area contributed by atoms with Gasteiger partial charge in [-0.25, -0.2) is 9.98 Å². The third-order valence-electron chi connectivity index (χ3n) is 3.59. The van der Waals surface area contributed by atoms with Gasteiger partial charge in [-0.1, -0.05) is 6.07 Å². The fourth-order valence-corrected chi connectivity index (χ4v) is 3.22. The summed E-state index contributed by atoms with van der Waals surface area (Å²) in [6.07, 6.45) is 2.69. The highest BCUT2D eigenvalue weighted by Gasteiger charge is 2.11. The summed E-state index contributed by atoms with van der Waals surface area (Å²) in [6.45, 7) is 5.09. The maximum atomic E-state index is 12.5. The predicted octanol–water partition coefficient (Wildman–Crippen LogP) is 4.37. The van der Waals surface area contributed by atoms with Gasteiger partial charge in [0.25, 0.3) is 0 Å². The van der Waals surface area contributed by atoms with Crippen LogP contribution >= 0.6 is 35.3 Å². The van der Waals surface area contributed by atoms with Crippen molar-refractivity contribution in [3.63, 3.8) is 0 Å². The molecule has 0 fully saturated rings. The second kappa shape index (κ2) is 13.5. The van der Waals surface area contributed by atoms with Crippen LogP contribution in [0.15, 0.2) is 29.4 Å². The maximum absolute atomic E-state index is 12.5. The zero-order chi connectivity index (χ0) is 20.4. The van der Waals surface area contributed by atoms with Gasteiger partial charge < -0.3 is 20.1 Å². The summed E-state index contributed by atoms with van der Waals surface area (Å²) in [5.41, 5.74) is 0.831. The standard InChI is InChI=1S/C19H26F2N4O2S.HI/c1-4-22-19(23-9-8-17-24-11-13(3)28-17)25-12-14-6-7-15(27-18(20)21)16(10-14)26-5-2;/h6-7,10-11,18H,4-5,8-9,12H2,1-3H3,(H2,22,23,25);1H. The van der Waals surface area contributed by atoms with Crippen LogP contribution in [0, 0.1) is 6.92 Å². The van der Waals surface area contributed by atoms with Crippen LogP contribution in [0.1, 0.15) is 29.3 Å². The van der Waals surface area contributed by atoms with Gasteiger partial charge in [0, 0.05) is 30.6 Å². The molecule has 0 aliphatic rings. The summed E-state index contributed by atoms with van der Waals surface area (Å²) < 4.78 is 34.9. The molecule has 2 rings (SSSR count). The highest BCUT2D eigenvalue weighted by atomic mass is 127. The molecule has 2 N–H and O–H groups in total. The Bertz CT molecular complexity index is 774. The lowest BCUT2D eigenvalue weighted by Gasteiger charge is -2.13. The van der Waals surface area contributed by atoms with Gasteiger partial charge in [-0.3, -0.25) is 0 Å². The van der Waals surface area contributed by atoms with Crippen LogP contribution in [0.25, 0.3) is 0 Å². The molecule has 0 aliphatic heterocycles. The number of alkyl halides is 2. The van der Waals surface area contributed by atoms with Gasteiger partial charge in [0.15, 0.2) is 17.5 Å². The van der Waals surface area contributed by atoms with E-state index >= 15 is 0 Å². The Kier molecular flexibility index (Phi) is 11.8. The highest BCUT2D eigenvalue weighted by molar-refractivity contribution is 14.0. The van der Waals surface area contributed by atoms with Crippen LogP contribution in [0.5, 0.6) is 11.5 Å². The average molecular weight is 540 g/mol. The summed E-state index contributed by atoms with van der Waals surface area (Å²) in [4.78, 5) is 10.1. The van der Waals surface area contributed by atoms with Crippen molar-refractivity contribution in [2.45, 2.75) is 40.3 Å². The molecule has 29 heavy (non-hydrogen) atoms. The summed E-state index contributed by atoms with van der Waals surface area (Å²) in [6, 6.07) is 4.85. The first-order valence-corrected chi connectivity index (χ1v) is 9.97. The summed E-state index contributed by atoms with van der Waals surface area (Å²) >= 11 is 1.68. The van der Waals surface area contributed by atoms with Crippen molar-refractivity contribution in [1.82, 2.24) is 15.6 Å². The average Bonchev–Trinajstić information content (AvgIpc) is 3.06. The minimum Gasteiger partial charge on any atom is -0.490 e. The number of nitrogens with one attached hydrogen (secondary N) is 2. The number of nitrogens with zero attached hydrogens (tertiary/aromatic N) is 2. The molecule has 2 aromatic rings. The minimum atomic E-state index is -2.89. The normalized spacial score (nSPS) is 11.2. The van der Waals surface area contributed by atoms with Crippen LogP contribution in [0.2, 0.25) is 0 Å². The van der Waals surface area contributed by atoms with Gasteiger partial charge in [-0.05, 0) is 38.5 Å². The lowest BCUT2D eigenvalue weighted by Crippen LogP contribution is -2.38. The van der Waals surface area contributed by atoms with Crippen molar-refractivity contribution in [2.75, 3.05) is 19.7 Å². The van der Waals surface area contributed by atoms with Gasteiger partial charge in [0.1, 0.15) is 0 Å². The number of rotatable bonds is 10. The first-order chi connectivity index (χ1) is 13.5. The molecule has 6 nitrogen and oxygen atoms in total. The molecule has 0 amide bonds. The number of hydrogen-bond donors (Lipinski definition) is 2. The number of hydrogen-bond acceptors (Lipinski definition) is 5. The van der Waals surface area contributed by atoms with E-state index in [9.17, 15) is 8.78 Å². The molecule has 0 saturated heterocycles. The Labute approximate surface area is 191 Å². The Morgan fingerprint density at radius 3 is 2.66 bits per heavy atom. The maximum Gasteiger partial charge on any atom is 0.387 e. The van der Waals surface area contributed by atoms with Crippen LogP contribution in [0.4, 0.5) is 8.78 Å². The van der Waals surface area contributed by atoms with Crippen LogP contribution < -0.4 is 20.1 Å². The van der Waals surface area contributed by atoms with Gasteiger partial charge in [-0.2, -0.15) is 8.78 Å². The molecule has 0 atom stereocenters. The zero-order valence-electron chi connectivity index (χ0n) is 16.7. The van der Waals surface area contributed by atoms with Crippen LogP contribution in [0.3, 0.4) is 0 Å². The molecule has 0 saturated carbocycles. The van der Waals surface area contributed by atoms with E-state index in [1.807, 2.05) is 20.0 Å². The smallest absolute Gasteiger partial charge is 0.387 e. The molecule has 162 valence electrons. The van der Waals surface area contributed by atoms with Gasteiger partial charge >= 0.3 is 6.61 Å². The van der Waals surface area contributed by atoms with Gasteiger partial charge in [0.2, 0.25) is 0 Å². The Morgan fingerprint density at radius 2 is 2.03 bits per heavy atom. The summed E-state index contributed by atoms with van der Waals surface area (Å²) in [7, 11) is 0. The van der Waals surface area contributed by atoms with E-state index < -0.39 is 6.61 Å². The van der Waals surface area contributed by atoms with E-state index in [1.165, 1.54) is 10.9 Å². The Balaban J connectivity index is 0.00000420. The Hall–Kier alpha value is -1.69. The predicted molar refractivity (Wildman–Crippen MR) is 123 cm³/mol. The number of aryl methyl sites for hydroxylation is 1. The van der Waals surface area contributed by atoms with Crippen molar-refractivity contribution in [3.8, 4) is 11.5 Å². The molecule has 1 aromatic carbocycles. The van der Waals surface area contributed by atoms with Crippen molar-refractivity contribution < 1.29 is 18.3 Å². The second-order valence-corrected chi connectivity index (χ2v) is 7.15. The zero-order valence-corrected chi connectivity index (χ0v) is 19.9. The number of aliphatic imine (C=N–C) groups is 1. The summed E-state index contributed by atoms with van der Waals surface area (Å²) in [5.74, 6) is 0.989. The first kappa shape index (κ1) is 25.3. The molecule has 0 spiro atoms. The first-order valence-electron chi connectivity index (χ1n) is 9.15. The number of guanidine groups is 1. The van der Waals surface area contributed by atoms with Crippen molar-refractivity contribution >= 4 is 41.3 Å². The van der Waals surface area contributed by atoms with Crippen molar-refractivity contribution in [2.24, 2.45) is 4.99 Å². The topological polar surface area (TPSA) is 67.8 Å². The van der Waals surface area contributed by atoms with E-state index in [0.717, 1.165) is 23.5 Å². The molecule has 1 aromatic heterocycles. The number of thiazole rings is 1. The lowest BCUT2D eigenvalue weighted by atomic mass is 10.2. The molecule has 10 heteroatoms. The SMILES string of the molecule is CCNC(=NCc1ccc(OC(F)F)c(OCC)c1)NCCc1ncc(C)s1.I.